The van der Waals surface area contributed by atoms with E-state index in [0.29, 0.717) is 12.1 Å². The Morgan fingerprint density at radius 2 is 2.00 bits per heavy atom. The Bertz CT molecular complexity index is 771. The van der Waals surface area contributed by atoms with Crippen molar-refractivity contribution in [2.45, 2.75) is 70.9 Å². The predicted octanol–water partition coefficient (Wildman–Crippen LogP) is 3.77. The van der Waals surface area contributed by atoms with Gasteiger partial charge in [0.2, 0.25) is 0 Å². The van der Waals surface area contributed by atoms with Crippen LogP contribution in [0.25, 0.3) is 10.2 Å². The molecule has 4 rings (SSSR count). The van der Waals surface area contributed by atoms with Crippen molar-refractivity contribution in [3.63, 3.8) is 0 Å². The number of fused-ring (bicyclic) bond motifs is 1. The average molecular weight is 389 g/mol. The third kappa shape index (κ3) is 3.71. The summed E-state index contributed by atoms with van der Waals surface area (Å²) in [6, 6.07) is 1.12. The molecule has 0 spiro atoms. The van der Waals surface area contributed by atoms with Crippen LogP contribution in [0.1, 0.15) is 55.9 Å². The molecule has 2 fully saturated rings. The largest absolute Gasteiger partial charge is 0.396 e. The number of hydrogen-bond acceptors (Lipinski definition) is 6. The van der Waals surface area contributed by atoms with Crippen LogP contribution in [-0.4, -0.2) is 58.3 Å². The van der Waals surface area contributed by atoms with Gasteiger partial charge >= 0.3 is 0 Å². The van der Waals surface area contributed by atoms with Gasteiger partial charge in [-0.1, -0.05) is 26.2 Å². The fraction of sp³-hybridized carbons (Fsp3) is 0.714. The molecule has 0 unspecified atom stereocenters. The molecular formula is C21H32N4OS. The lowest BCUT2D eigenvalue weighted by molar-refractivity contribution is 0.0757. The van der Waals surface area contributed by atoms with Crippen molar-refractivity contribution in [3.05, 3.63) is 16.8 Å². The van der Waals surface area contributed by atoms with E-state index in [4.69, 9.17) is 4.98 Å². The van der Waals surface area contributed by atoms with Crippen LogP contribution >= 0.6 is 11.3 Å². The molecule has 5 nitrogen and oxygen atoms in total. The molecule has 1 saturated heterocycles. The van der Waals surface area contributed by atoms with E-state index in [2.05, 4.69) is 28.6 Å². The van der Waals surface area contributed by atoms with Gasteiger partial charge in [0.15, 0.2) is 0 Å². The summed E-state index contributed by atoms with van der Waals surface area (Å²) in [5.41, 5.74) is 1.40. The molecule has 6 heteroatoms. The summed E-state index contributed by atoms with van der Waals surface area (Å²) in [4.78, 5) is 16.9. The molecule has 0 bridgehead atoms. The molecule has 0 aromatic carbocycles. The van der Waals surface area contributed by atoms with Crippen molar-refractivity contribution in [2.75, 3.05) is 31.1 Å². The number of aryl methyl sites for hydroxylation is 2. The molecule has 1 aliphatic heterocycles. The van der Waals surface area contributed by atoms with Gasteiger partial charge in [-0.25, -0.2) is 9.97 Å². The Balaban J connectivity index is 1.61. The molecule has 1 saturated carbocycles. The maximum atomic E-state index is 9.68. The number of hydrogen-bond donors (Lipinski definition) is 1. The fourth-order valence-electron chi connectivity index (χ4n) is 5.11. The smallest absolute Gasteiger partial charge is 0.141 e. The third-order valence-electron chi connectivity index (χ3n) is 6.46. The quantitative estimate of drug-likeness (QED) is 0.845. The highest BCUT2D eigenvalue weighted by Gasteiger charge is 2.33. The summed E-state index contributed by atoms with van der Waals surface area (Å²) in [7, 11) is 0. The van der Waals surface area contributed by atoms with E-state index in [-0.39, 0.29) is 6.61 Å². The van der Waals surface area contributed by atoms with Crippen LogP contribution < -0.4 is 4.90 Å². The van der Waals surface area contributed by atoms with E-state index in [1.54, 1.807) is 17.7 Å². The van der Waals surface area contributed by atoms with Gasteiger partial charge in [-0.05, 0) is 38.2 Å². The minimum atomic E-state index is 0.263. The topological polar surface area (TPSA) is 52.5 Å². The van der Waals surface area contributed by atoms with Crippen molar-refractivity contribution in [1.82, 2.24) is 14.9 Å². The number of aliphatic hydroxyl groups is 1. The summed E-state index contributed by atoms with van der Waals surface area (Å²) >= 11 is 1.79. The first-order chi connectivity index (χ1) is 13.2. The van der Waals surface area contributed by atoms with Crippen LogP contribution in [0.2, 0.25) is 0 Å². The monoisotopic (exact) mass is 388 g/mol. The molecule has 2 aromatic rings. The molecule has 2 aliphatic rings. The fourth-order valence-corrected chi connectivity index (χ4v) is 6.19. The highest BCUT2D eigenvalue weighted by atomic mass is 32.1. The van der Waals surface area contributed by atoms with Gasteiger partial charge in [0.1, 0.15) is 17.0 Å². The zero-order valence-electron chi connectivity index (χ0n) is 16.7. The molecule has 27 heavy (non-hydrogen) atoms. The summed E-state index contributed by atoms with van der Waals surface area (Å²) in [6.45, 7) is 7.74. The molecule has 148 valence electrons. The van der Waals surface area contributed by atoms with E-state index < -0.39 is 0 Å². The highest BCUT2D eigenvalue weighted by Crippen LogP contribution is 2.36. The van der Waals surface area contributed by atoms with Gasteiger partial charge in [0.25, 0.3) is 0 Å². The maximum Gasteiger partial charge on any atom is 0.141 e. The molecular weight excluding hydrogens is 356 g/mol. The Labute approximate surface area is 166 Å². The maximum absolute atomic E-state index is 9.68. The molecule has 0 amide bonds. The number of rotatable bonds is 5. The lowest BCUT2D eigenvalue weighted by atomic mass is 9.91. The number of piperazine rings is 1. The molecule has 3 heterocycles. The normalized spacial score (nSPS) is 22.6. The first kappa shape index (κ1) is 19.1. The molecule has 1 atom stereocenters. The minimum Gasteiger partial charge on any atom is -0.396 e. The number of thiophene rings is 1. The van der Waals surface area contributed by atoms with Crippen LogP contribution in [0.5, 0.6) is 0 Å². The van der Waals surface area contributed by atoms with Crippen LogP contribution in [0.15, 0.2) is 6.33 Å². The summed E-state index contributed by atoms with van der Waals surface area (Å²) < 4.78 is 0. The molecule has 1 N–H and O–H groups in total. The molecule has 0 radical (unpaired) electrons. The van der Waals surface area contributed by atoms with Crippen LogP contribution in [0, 0.1) is 6.92 Å². The number of nitrogens with zero attached hydrogens (tertiary/aromatic N) is 4. The summed E-state index contributed by atoms with van der Waals surface area (Å²) in [6.07, 6.45) is 10.3. The lowest BCUT2D eigenvalue weighted by Gasteiger charge is -2.46. The van der Waals surface area contributed by atoms with Gasteiger partial charge in [-0.15, -0.1) is 11.3 Å². The Morgan fingerprint density at radius 1 is 1.19 bits per heavy atom. The van der Waals surface area contributed by atoms with Gasteiger partial charge in [-0.3, -0.25) is 4.90 Å². The minimum absolute atomic E-state index is 0.263. The standard InChI is InChI=1S/C21H32N4OS/c1-3-18-15(2)27-21-19(18)20(22-14-23-21)24-10-11-25(17(13-24)9-12-26)16-7-5-4-6-8-16/h14,16-17,26H,3-13H2,1-2H3/t17-/m1/s1. The number of aromatic nitrogens is 2. The van der Waals surface area contributed by atoms with Crippen LogP contribution in [-0.2, 0) is 6.42 Å². The zero-order chi connectivity index (χ0) is 18.8. The second kappa shape index (κ2) is 8.41. The number of anilines is 1. The summed E-state index contributed by atoms with van der Waals surface area (Å²) in [5.74, 6) is 1.10. The Morgan fingerprint density at radius 3 is 2.74 bits per heavy atom. The SMILES string of the molecule is CCc1c(C)sc2ncnc(N3CCN(C4CCCCC4)[C@H](CCO)C3)c12. The Hall–Kier alpha value is -1.24. The average Bonchev–Trinajstić information content (AvgIpc) is 3.04. The van der Waals surface area contributed by atoms with Crippen LogP contribution in [0.4, 0.5) is 5.82 Å². The van der Waals surface area contributed by atoms with Crippen molar-refractivity contribution in [3.8, 4) is 0 Å². The van der Waals surface area contributed by atoms with Gasteiger partial charge in [-0.2, -0.15) is 0 Å². The van der Waals surface area contributed by atoms with Gasteiger partial charge in [0.05, 0.1) is 5.39 Å². The van der Waals surface area contributed by atoms with Gasteiger partial charge < -0.3 is 10.0 Å². The number of aliphatic hydroxyl groups excluding tert-OH is 1. The first-order valence-electron chi connectivity index (χ1n) is 10.6. The second-order valence-electron chi connectivity index (χ2n) is 8.01. The zero-order valence-corrected chi connectivity index (χ0v) is 17.5. The third-order valence-corrected chi connectivity index (χ3v) is 7.51. The van der Waals surface area contributed by atoms with E-state index in [0.717, 1.165) is 43.1 Å². The van der Waals surface area contributed by atoms with Crippen molar-refractivity contribution < 1.29 is 5.11 Å². The predicted molar refractivity (Wildman–Crippen MR) is 113 cm³/mol. The van der Waals surface area contributed by atoms with Crippen LogP contribution in [0.3, 0.4) is 0 Å². The van der Waals surface area contributed by atoms with Crippen molar-refractivity contribution in [2.24, 2.45) is 0 Å². The Kier molecular flexibility index (Phi) is 5.95. The molecule has 1 aliphatic carbocycles. The van der Waals surface area contributed by atoms with E-state index in [9.17, 15) is 5.11 Å². The highest BCUT2D eigenvalue weighted by molar-refractivity contribution is 7.18. The summed E-state index contributed by atoms with van der Waals surface area (Å²) in [5, 5.41) is 10.9. The van der Waals surface area contributed by atoms with E-state index in [1.807, 2.05) is 0 Å². The first-order valence-corrected chi connectivity index (χ1v) is 11.4. The van der Waals surface area contributed by atoms with Crippen molar-refractivity contribution >= 4 is 27.4 Å². The van der Waals surface area contributed by atoms with Gasteiger partial charge in [0, 0.05) is 43.2 Å². The molecule has 2 aromatic heterocycles. The van der Waals surface area contributed by atoms with Crippen molar-refractivity contribution in [1.29, 1.82) is 0 Å². The van der Waals surface area contributed by atoms with E-state index in [1.165, 1.54) is 47.9 Å². The lowest BCUT2D eigenvalue weighted by Crippen LogP contribution is -2.57. The van der Waals surface area contributed by atoms with E-state index >= 15 is 0 Å². The second-order valence-corrected chi connectivity index (χ2v) is 9.21.